The minimum Gasteiger partial charge on any atom is -0.450 e. The molecule has 1 fully saturated rings. The number of hydrogen-bond acceptors (Lipinski definition) is 4. The number of benzene rings is 1. The fourth-order valence-corrected chi connectivity index (χ4v) is 4.74. The molecule has 0 saturated carbocycles. The highest BCUT2D eigenvalue weighted by Gasteiger charge is 2.48. The largest absolute Gasteiger partial charge is 0.450 e. The molecule has 6 heteroatoms. The molecule has 0 N–H and O–H groups in total. The van der Waals surface area contributed by atoms with Crippen LogP contribution in [0.2, 0.25) is 0 Å². The maximum absolute atomic E-state index is 12.1. The summed E-state index contributed by atoms with van der Waals surface area (Å²) in [5, 5.41) is 0. The Kier molecular flexibility index (Phi) is 3.53. The Morgan fingerprint density at radius 3 is 2.57 bits per heavy atom. The van der Waals surface area contributed by atoms with Crippen molar-refractivity contribution in [2.75, 3.05) is 18.8 Å². The topological polar surface area (TPSA) is 63.7 Å². The number of fused-ring (bicyclic) bond motifs is 2. The zero-order chi connectivity index (χ0) is 15.1. The van der Waals surface area contributed by atoms with E-state index in [1.54, 1.807) is 6.07 Å². The molecule has 2 heterocycles. The van der Waals surface area contributed by atoms with Crippen LogP contribution < -0.4 is 0 Å². The number of ether oxygens (including phenoxy) is 1. The Morgan fingerprint density at radius 1 is 1.24 bits per heavy atom. The van der Waals surface area contributed by atoms with Crippen molar-refractivity contribution in [3.05, 3.63) is 35.4 Å². The highest BCUT2D eigenvalue weighted by atomic mass is 32.2. The van der Waals surface area contributed by atoms with Crippen LogP contribution in [0.5, 0.6) is 0 Å². The van der Waals surface area contributed by atoms with Gasteiger partial charge in [-0.1, -0.05) is 25.1 Å². The Hall–Kier alpha value is -1.40. The van der Waals surface area contributed by atoms with Gasteiger partial charge < -0.3 is 4.74 Å². The van der Waals surface area contributed by atoms with Gasteiger partial charge in [0.2, 0.25) is 10.0 Å². The second-order valence-electron chi connectivity index (χ2n) is 5.64. The second kappa shape index (κ2) is 5.10. The lowest BCUT2D eigenvalue weighted by atomic mass is 9.84. The van der Waals surface area contributed by atoms with E-state index in [4.69, 9.17) is 4.74 Å². The maximum atomic E-state index is 12.1. The van der Waals surface area contributed by atoms with Crippen LogP contribution in [-0.2, 0) is 20.4 Å². The van der Waals surface area contributed by atoms with Gasteiger partial charge in [0, 0.05) is 31.5 Å². The van der Waals surface area contributed by atoms with Crippen molar-refractivity contribution in [3.63, 3.8) is 0 Å². The summed E-state index contributed by atoms with van der Waals surface area (Å²) in [6.45, 7) is 2.67. The molecule has 1 aromatic rings. The summed E-state index contributed by atoms with van der Waals surface area (Å²) in [6, 6.07) is 7.39. The number of piperidine rings is 1. The highest BCUT2D eigenvalue weighted by Crippen LogP contribution is 2.44. The number of esters is 1. The molecule has 3 rings (SSSR count). The molecule has 0 atom stereocenters. The van der Waals surface area contributed by atoms with E-state index in [2.05, 4.69) is 0 Å². The molecule has 114 valence electrons. The van der Waals surface area contributed by atoms with Gasteiger partial charge in [0.1, 0.15) is 5.60 Å². The second-order valence-corrected chi connectivity index (χ2v) is 7.73. The van der Waals surface area contributed by atoms with Crippen LogP contribution in [0.3, 0.4) is 0 Å². The molecular formula is C15H19NO4S. The van der Waals surface area contributed by atoms with Crippen molar-refractivity contribution in [3.8, 4) is 0 Å². The highest BCUT2D eigenvalue weighted by molar-refractivity contribution is 7.89. The van der Waals surface area contributed by atoms with Crippen LogP contribution >= 0.6 is 0 Å². The summed E-state index contributed by atoms with van der Waals surface area (Å²) in [7, 11) is -3.18. The predicted molar refractivity (Wildman–Crippen MR) is 78.4 cm³/mol. The van der Waals surface area contributed by atoms with Crippen LogP contribution in [-0.4, -0.2) is 37.5 Å². The van der Waals surface area contributed by atoms with E-state index in [0.717, 1.165) is 5.56 Å². The Bertz CT molecular complexity index is 660. The SMILES string of the molecule is CCCS(=O)(=O)N1CCC2(CC1)OC(=O)c1ccccc12. The van der Waals surface area contributed by atoms with Crippen LogP contribution in [0.4, 0.5) is 0 Å². The van der Waals surface area contributed by atoms with Gasteiger partial charge in [-0.2, -0.15) is 0 Å². The monoisotopic (exact) mass is 309 g/mol. The molecule has 0 amide bonds. The zero-order valence-corrected chi connectivity index (χ0v) is 12.9. The molecule has 1 saturated heterocycles. The fourth-order valence-electron chi connectivity index (χ4n) is 3.23. The van der Waals surface area contributed by atoms with Gasteiger partial charge >= 0.3 is 5.97 Å². The fraction of sp³-hybridized carbons (Fsp3) is 0.533. The molecule has 0 aromatic heterocycles. The van der Waals surface area contributed by atoms with Gasteiger partial charge in [0.15, 0.2) is 0 Å². The van der Waals surface area contributed by atoms with E-state index >= 15 is 0 Å². The Balaban J connectivity index is 1.82. The van der Waals surface area contributed by atoms with Crippen molar-refractivity contribution >= 4 is 16.0 Å². The first-order chi connectivity index (χ1) is 9.98. The number of hydrogen-bond donors (Lipinski definition) is 0. The number of nitrogens with zero attached hydrogens (tertiary/aromatic N) is 1. The molecule has 1 spiro atoms. The minimum atomic E-state index is -3.18. The van der Waals surface area contributed by atoms with E-state index in [0.29, 0.717) is 37.9 Å². The third-order valence-corrected chi connectivity index (χ3v) is 6.39. The summed E-state index contributed by atoms with van der Waals surface area (Å²) in [5.41, 5.74) is 0.885. The first-order valence-corrected chi connectivity index (χ1v) is 8.90. The summed E-state index contributed by atoms with van der Waals surface area (Å²) < 4.78 is 31.4. The number of rotatable bonds is 3. The predicted octanol–water partition coefficient (Wildman–Crippen LogP) is 1.89. The van der Waals surface area contributed by atoms with E-state index in [-0.39, 0.29) is 11.7 Å². The normalized spacial score (nSPS) is 21.3. The van der Waals surface area contributed by atoms with E-state index in [9.17, 15) is 13.2 Å². The molecule has 0 unspecified atom stereocenters. The minimum absolute atomic E-state index is 0.177. The molecule has 1 aromatic carbocycles. The Labute approximate surface area is 124 Å². The molecule has 2 aliphatic rings. The Morgan fingerprint density at radius 2 is 1.90 bits per heavy atom. The standard InChI is InChI=1S/C15H19NO4S/c1-2-11-21(18,19)16-9-7-15(8-10-16)13-6-4-3-5-12(13)14(17)20-15/h3-6H,2,7-11H2,1H3. The summed E-state index contributed by atoms with van der Waals surface area (Å²) in [5.74, 6) is -0.119. The number of carbonyl (C=O) groups excluding carboxylic acids is 1. The van der Waals surface area contributed by atoms with Crippen molar-refractivity contribution in [2.24, 2.45) is 0 Å². The van der Waals surface area contributed by atoms with Gasteiger partial charge in [0.25, 0.3) is 0 Å². The molecule has 0 bridgehead atoms. The van der Waals surface area contributed by atoms with Gasteiger partial charge in [0.05, 0.1) is 11.3 Å². The maximum Gasteiger partial charge on any atom is 0.339 e. The average molecular weight is 309 g/mol. The number of carbonyl (C=O) groups is 1. The smallest absolute Gasteiger partial charge is 0.339 e. The van der Waals surface area contributed by atoms with Crippen LogP contribution in [0, 0.1) is 0 Å². The summed E-state index contributed by atoms with van der Waals surface area (Å²) in [4.78, 5) is 12.0. The first-order valence-electron chi connectivity index (χ1n) is 7.29. The zero-order valence-electron chi connectivity index (χ0n) is 12.0. The quantitative estimate of drug-likeness (QED) is 0.800. The lowest BCUT2D eigenvalue weighted by Gasteiger charge is -2.37. The average Bonchev–Trinajstić information content (AvgIpc) is 2.73. The molecule has 2 aliphatic heterocycles. The van der Waals surface area contributed by atoms with Crippen LogP contribution in [0.15, 0.2) is 24.3 Å². The van der Waals surface area contributed by atoms with Gasteiger partial charge in [-0.05, 0) is 12.5 Å². The molecule has 5 nitrogen and oxygen atoms in total. The lowest BCUT2D eigenvalue weighted by molar-refractivity contribution is -0.0329. The first kappa shape index (κ1) is 14.5. The molecule has 0 aliphatic carbocycles. The lowest BCUT2D eigenvalue weighted by Crippen LogP contribution is -2.45. The third-order valence-electron chi connectivity index (χ3n) is 4.31. The van der Waals surface area contributed by atoms with Crippen LogP contribution in [0.1, 0.15) is 42.1 Å². The van der Waals surface area contributed by atoms with Gasteiger partial charge in [-0.15, -0.1) is 0 Å². The van der Waals surface area contributed by atoms with Gasteiger partial charge in [-0.3, -0.25) is 0 Å². The summed E-state index contributed by atoms with van der Waals surface area (Å²) in [6.07, 6.45) is 1.67. The summed E-state index contributed by atoms with van der Waals surface area (Å²) >= 11 is 0. The van der Waals surface area contributed by atoms with Gasteiger partial charge in [-0.25, -0.2) is 17.5 Å². The van der Waals surface area contributed by atoms with Crippen molar-refractivity contribution in [2.45, 2.75) is 31.8 Å². The van der Waals surface area contributed by atoms with Crippen molar-refractivity contribution < 1.29 is 17.9 Å². The number of sulfonamides is 1. The van der Waals surface area contributed by atoms with E-state index in [1.165, 1.54) is 4.31 Å². The van der Waals surface area contributed by atoms with Crippen molar-refractivity contribution in [1.29, 1.82) is 0 Å². The van der Waals surface area contributed by atoms with Crippen LogP contribution in [0.25, 0.3) is 0 Å². The molecular weight excluding hydrogens is 290 g/mol. The van der Waals surface area contributed by atoms with E-state index in [1.807, 2.05) is 25.1 Å². The third kappa shape index (κ3) is 2.36. The molecule has 0 radical (unpaired) electrons. The van der Waals surface area contributed by atoms with Crippen molar-refractivity contribution in [1.82, 2.24) is 4.31 Å². The molecule has 21 heavy (non-hydrogen) atoms. The van der Waals surface area contributed by atoms with E-state index < -0.39 is 15.6 Å².